The van der Waals surface area contributed by atoms with Crippen LogP contribution in [0.1, 0.15) is 26.1 Å². The van der Waals surface area contributed by atoms with E-state index in [1.54, 1.807) is 0 Å². The molecule has 1 heterocycles. The molecule has 0 aliphatic heterocycles. The predicted molar refractivity (Wildman–Crippen MR) is 64.3 cm³/mol. The maximum absolute atomic E-state index is 6.06. The van der Waals surface area contributed by atoms with Crippen molar-refractivity contribution in [3.05, 3.63) is 29.0 Å². The fourth-order valence-corrected chi connectivity index (χ4v) is 1.84. The Balaban J connectivity index is 2.35. The fourth-order valence-electron chi connectivity index (χ4n) is 1.62. The monoisotopic (exact) mass is 222 g/mol. The van der Waals surface area contributed by atoms with Crippen LogP contribution < -0.4 is 0 Å². The molecular formula is C12H15ClN2. The molecule has 0 aliphatic carbocycles. The molecule has 0 aliphatic rings. The van der Waals surface area contributed by atoms with Gasteiger partial charge in [-0.1, -0.05) is 37.9 Å². The van der Waals surface area contributed by atoms with Gasteiger partial charge in [0.15, 0.2) is 0 Å². The van der Waals surface area contributed by atoms with Crippen LogP contribution in [0, 0.1) is 5.92 Å². The van der Waals surface area contributed by atoms with E-state index in [9.17, 15) is 0 Å². The van der Waals surface area contributed by atoms with Gasteiger partial charge in [-0.3, -0.25) is 0 Å². The average molecular weight is 223 g/mol. The standard InChI is InChI=1S/C12H15ClN2/c1-3-8(2)7-11-14-10-6-4-5-9(13)12(10)15-11/h4-6,8H,3,7H2,1-2H3,(H,14,15). The number of H-pyrrole nitrogens is 1. The zero-order chi connectivity index (χ0) is 10.8. The molecule has 80 valence electrons. The molecule has 2 rings (SSSR count). The van der Waals surface area contributed by atoms with Gasteiger partial charge in [0.1, 0.15) is 11.3 Å². The minimum Gasteiger partial charge on any atom is -0.342 e. The Hall–Kier alpha value is -1.02. The first-order chi connectivity index (χ1) is 7.20. The summed E-state index contributed by atoms with van der Waals surface area (Å²) >= 11 is 6.06. The number of rotatable bonds is 3. The highest BCUT2D eigenvalue weighted by Gasteiger charge is 2.08. The molecule has 3 heteroatoms. The predicted octanol–water partition coefficient (Wildman–Crippen LogP) is 3.80. The van der Waals surface area contributed by atoms with Crippen molar-refractivity contribution in [1.82, 2.24) is 9.97 Å². The number of hydrogen-bond acceptors (Lipinski definition) is 1. The molecule has 0 amide bonds. The second kappa shape index (κ2) is 4.23. The van der Waals surface area contributed by atoms with Crippen molar-refractivity contribution in [3.63, 3.8) is 0 Å². The molecule has 1 aromatic carbocycles. The van der Waals surface area contributed by atoms with Crippen LogP contribution in [0.2, 0.25) is 5.02 Å². The number of hydrogen-bond donors (Lipinski definition) is 1. The number of para-hydroxylation sites is 1. The van der Waals surface area contributed by atoms with E-state index in [0.29, 0.717) is 5.92 Å². The van der Waals surface area contributed by atoms with E-state index >= 15 is 0 Å². The van der Waals surface area contributed by atoms with Gasteiger partial charge >= 0.3 is 0 Å². The molecule has 0 bridgehead atoms. The Morgan fingerprint density at radius 1 is 1.47 bits per heavy atom. The summed E-state index contributed by atoms with van der Waals surface area (Å²) in [6.07, 6.45) is 2.16. The molecule has 0 spiro atoms. The number of nitrogens with zero attached hydrogens (tertiary/aromatic N) is 1. The SMILES string of the molecule is CCC(C)Cc1nc2c(Cl)cccc2[nH]1. The minimum absolute atomic E-state index is 0.657. The first-order valence-electron chi connectivity index (χ1n) is 5.33. The normalized spacial score (nSPS) is 13.3. The summed E-state index contributed by atoms with van der Waals surface area (Å²) < 4.78 is 0. The Labute approximate surface area is 94.7 Å². The van der Waals surface area contributed by atoms with Crippen LogP contribution in [0.3, 0.4) is 0 Å². The molecular weight excluding hydrogens is 208 g/mol. The van der Waals surface area contributed by atoms with E-state index in [2.05, 4.69) is 23.8 Å². The van der Waals surface area contributed by atoms with Crippen molar-refractivity contribution in [2.24, 2.45) is 5.92 Å². The van der Waals surface area contributed by atoms with Gasteiger partial charge in [-0.15, -0.1) is 0 Å². The van der Waals surface area contributed by atoms with Crippen LogP contribution in [0.25, 0.3) is 11.0 Å². The molecule has 1 unspecified atom stereocenters. The smallest absolute Gasteiger partial charge is 0.107 e. The van der Waals surface area contributed by atoms with Gasteiger partial charge in [0.05, 0.1) is 10.5 Å². The fraction of sp³-hybridized carbons (Fsp3) is 0.417. The van der Waals surface area contributed by atoms with Crippen molar-refractivity contribution >= 4 is 22.6 Å². The number of benzene rings is 1. The van der Waals surface area contributed by atoms with E-state index in [1.165, 1.54) is 6.42 Å². The number of imidazole rings is 1. The zero-order valence-corrected chi connectivity index (χ0v) is 9.80. The molecule has 2 nitrogen and oxygen atoms in total. The summed E-state index contributed by atoms with van der Waals surface area (Å²) in [4.78, 5) is 7.82. The van der Waals surface area contributed by atoms with Gasteiger partial charge in [-0.25, -0.2) is 4.98 Å². The molecule has 0 saturated carbocycles. The molecule has 2 aromatic rings. The van der Waals surface area contributed by atoms with Gasteiger partial charge in [0.2, 0.25) is 0 Å². The van der Waals surface area contributed by atoms with Crippen molar-refractivity contribution in [2.45, 2.75) is 26.7 Å². The van der Waals surface area contributed by atoms with Crippen LogP contribution in [0.5, 0.6) is 0 Å². The van der Waals surface area contributed by atoms with Crippen LogP contribution in [0.15, 0.2) is 18.2 Å². The van der Waals surface area contributed by atoms with Crippen molar-refractivity contribution in [1.29, 1.82) is 0 Å². The van der Waals surface area contributed by atoms with Gasteiger partial charge in [-0.2, -0.15) is 0 Å². The number of fused-ring (bicyclic) bond motifs is 1. The molecule has 1 atom stereocenters. The molecule has 15 heavy (non-hydrogen) atoms. The lowest BCUT2D eigenvalue weighted by molar-refractivity contribution is 0.547. The van der Waals surface area contributed by atoms with Gasteiger partial charge < -0.3 is 4.98 Å². The summed E-state index contributed by atoms with van der Waals surface area (Å²) in [6, 6.07) is 5.82. The van der Waals surface area contributed by atoms with E-state index in [4.69, 9.17) is 11.6 Å². The second-order valence-corrected chi connectivity index (χ2v) is 4.44. The Kier molecular flexibility index (Phi) is 2.96. The Bertz CT molecular complexity index is 462. The second-order valence-electron chi connectivity index (χ2n) is 4.04. The van der Waals surface area contributed by atoms with E-state index in [0.717, 1.165) is 28.3 Å². The minimum atomic E-state index is 0.657. The third-order valence-corrected chi connectivity index (χ3v) is 3.06. The molecule has 0 radical (unpaired) electrons. The quantitative estimate of drug-likeness (QED) is 0.841. The highest BCUT2D eigenvalue weighted by atomic mass is 35.5. The van der Waals surface area contributed by atoms with Crippen molar-refractivity contribution in [2.75, 3.05) is 0 Å². The van der Waals surface area contributed by atoms with Crippen LogP contribution in [-0.4, -0.2) is 9.97 Å². The number of halogens is 1. The Morgan fingerprint density at radius 2 is 2.27 bits per heavy atom. The summed E-state index contributed by atoms with van der Waals surface area (Å²) in [7, 11) is 0. The van der Waals surface area contributed by atoms with E-state index in [-0.39, 0.29) is 0 Å². The lowest BCUT2D eigenvalue weighted by Gasteiger charge is -2.03. The largest absolute Gasteiger partial charge is 0.342 e. The maximum Gasteiger partial charge on any atom is 0.107 e. The Morgan fingerprint density at radius 3 is 2.93 bits per heavy atom. The molecule has 1 N–H and O–H groups in total. The first kappa shape index (κ1) is 10.5. The first-order valence-corrected chi connectivity index (χ1v) is 5.71. The number of aromatic amines is 1. The lowest BCUT2D eigenvalue weighted by atomic mass is 10.1. The third-order valence-electron chi connectivity index (χ3n) is 2.75. The van der Waals surface area contributed by atoms with Crippen LogP contribution in [-0.2, 0) is 6.42 Å². The van der Waals surface area contributed by atoms with Crippen LogP contribution >= 0.6 is 11.6 Å². The van der Waals surface area contributed by atoms with E-state index in [1.807, 2.05) is 18.2 Å². The lowest BCUT2D eigenvalue weighted by Crippen LogP contribution is -1.99. The van der Waals surface area contributed by atoms with Crippen LogP contribution in [0.4, 0.5) is 0 Å². The van der Waals surface area contributed by atoms with Gasteiger partial charge in [-0.05, 0) is 18.1 Å². The highest BCUT2D eigenvalue weighted by molar-refractivity contribution is 6.34. The molecule has 0 fully saturated rings. The van der Waals surface area contributed by atoms with Gasteiger partial charge in [0, 0.05) is 6.42 Å². The number of aromatic nitrogens is 2. The van der Waals surface area contributed by atoms with Crippen molar-refractivity contribution in [3.8, 4) is 0 Å². The van der Waals surface area contributed by atoms with E-state index < -0.39 is 0 Å². The summed E-state index contributed by atoms with van der Waals surface area (Å²) in [6.45, 7) is 4.43. The molecule has 1 aromatic heterocycles. The van der Waals surface area contributed by atoms with Crippen molar-refractivity contribution < 1.29 is 0 Å². The topological polar surface area (TPSA) is 28.7 Å². The summed E-state index contributed by atoms with van der Waals surface area (Å²) in [5, 5.41) is 0.721. The zero-order valence-electron chi connectivity index (χ0n) is 9.05. The molecule has 0 saturated heterocycles. The maximum atomic E-state index is 6.06. The number of nitrogens with one attached hydrogen (secondary N) is 1. The highest BCUT2D eigenvalue weighted by Crippen LogP contribution is 2.22. The summed E-state index contributed by atoms with van der Waals surface area (Å²) in [5.74, 6) is 1.69. The summed E-state index contributed by atoms with van der Waals surface area (Å²) in [5.41, 5.74) is 1.92. The third kappa shape index (κ3) is 2.15. The average Bonchev–Trinajstić information content (AvgIpc) is 2.62. The van der Waals surface area contributed by atoms with Gasteiger partial charge in [0.25, 0.3) is 0 Å².